The van der Waals surface area contributed by atoms with Crippen LogP contribution in [0.2, 0.25) is 0 Å². The average Bonchev–Trinajstić information content (AvgIpc) is 3.04. The van der Waals surface area contributed by atoms with Crippen molar-refractivity contribution in [1.29, 1.82) is 0 Å². The van der Waals surface area contributed by atoms with E-state index < -0.39 is 0 Å². The smallest absolute Gasteiger partial charge is 0.244 e. The number of carbonyl (C=O) groups excluding carboxylic acids is 1. The first-order valence-corrected chi connectivity index (χ1v) is 8.99. The molecule has 0 radical (unpaired) electrons. The Bertz CT molecular complexity index is 377. The summed E-state index contributed by atoms with van der Waals surface area (Å²) in [7, 11) is 0. The Balaban J connectivity index is 1.77. The van der Waals surface area contributed by atoms with Gasteiger partial charge >= 0.3 is 0 Å². The highest BCUT2D eigenvalue weighted by molar-refractivity contribution is 5.85. The molecule has 0 bridgehead atoms. The fraction of sp³-hybridized carbons (Fsp3) is 0.882. The summed E-state index contributed by atoms with van der Waals surface area (Å²) in [6, 6.07) is 0. The Labute approximate surface area is 134 Å². The van der Waals surface area contributed by atoms with E-state index in [1.807, 2.05) is 4.90 Å². The molecular weight excluding hydrogens is 276 g/mol. The molecule has 2 rings (SSSR count). The molecule has 2 atom stereocenters. The number of rotatable bonds is 5. The molecule has 1 aliphatic heterocycles. The van der Waals surface area contributed by atoms with Crippen molar-refractivity contribution in [3.63, 3.8) is 0 Å². The molecular formula is C17H32N4O. The molecule has 5 heteroatoms. The highest BCUT2D eigenvalue weighted by atomic mass is 16.2. The van der Waals surface area contributed by atoms with E-state index in [1.54, 1.807) is 0 Å². The van der Waals surface area contributed by atoms with Gasteiger partial charge < -0.3 is 15.5 Å². The number of likely N-dealkylation sites (tertiary alicyclic amines) is 1. The van der Waals surface area contributed by atoms with Gasteiger partial charge in [-0.15, -0.1) is 0 Å². The number of guanidine groups is 1. The first kappa shape index (κ1) is 17.1. The van der Waals surface area contributed by atoms with Crippen LogP contribution in [0.4, 0.5) is 0 Å². The van der Waals surface area contributed by atoms with Crippen molar-refractivity contribution in [3.05, 3.63) is 0 Å². The minimum atomic E-state index is 0.154. The zero-order chi connectivity index (χ0) is 15.8. The van der Waals surface area contributed by atoms with E-state index >= 15 is 0 Å². The second-order valence-electron chi connectivity index (χ2n) is 6.80. The van der Waals surface area contributed by atoms with Gasteiger partial charge in [0, 0.05) is 26.2 Å². The molecule has 2 fully saturated rings. The van der Waals surface area contributed by atoms with Crippen molar-refractivity contribution in [2.24, 2.45) is 16.8 Å². The Hall–Kier alpha value is -1.26. The molecule has 0 aromatic rings. The molecule has 1 saturated heterocycles. The van der Waals surface area contributed by atoms with Crippen LogP contribution >= 0.6 is 0 Å². The first-order chi connectivity index (χ1) is 10.7. The molecule has 22 heavy (non-hydrogen) atoms. The zero-order valence-corrected chi connectivity index (χ0v) is 14.2. The van der Waals surface area contributed by atoms with Gasteiger partial charge in [-0.2, -0.15) is 0 Å². The second kappa shape index (κ2) is 9.01. The maximum absolute atomic E-state index is 12.1. The van der Waals surface area contributed by atoms with Crippen LogP contribution in [0.5, 0.6) is 0 Å². The largest absolute Gasteiger partial charge is 0.357 e. The summed E-state index contributed by atoms with van der Waals surface area (Å²) in [5.41, 5.74) is 0. The van der Waals surface area contributed by atoms with Gasteiger partial charge in [-0.1, -0.05) is 19.8 Å². The van der Waals surface area contributed by atoms with Crippen molar-refractivity contribution in [1.82, 2.24) is 15.5 Å². The number of nitrogens with one attached hydrogen (secondary N) is 2. The molecule has 1 amide bonds. The molecule has 5 nitrogen and oxygen atoms in total. The third-order valence-electron chi connectivity index (χ3n) is 4.78. The summed E-state index contributed by atoms with van der Waals surface area (Å²) < 4.78 is 0. The number of hydrogen-bond acceptors (Lipinski definition) is 2. The Kier molecular flexibility index (Phi) is 7.00. The molecule has 1 heterocycles. The molecule has 2 aliphatic rings. The number of hydrogen-bond donors (Lipinski definition) is 2. The van der Waals surface area contributed by atoms with Crippen molar-refractivity contribution in [2.45, 2.75) is 52.4 Å². The molecule has 2 N–H and O–H groups in total. The summed E-state index contributed by atoms with van der Waals surface area (Å²) in [4.78, 5) is 18.5. The standard InChI is InChI=1S/C17H32N4O/c1-3-18-17(19-12-15-8-6-7-14(2)11-15)20-13-16(22)21-9-4-5-10-21/h14-15H,3-13H2,1-2H3,(H2,18,19,20). The Morgan fingerprint density at radius 1 is 1.18 bits per heavy atom. The lowest BCUT2D eigenvalue weighted by atomic mass is 9.82. The summed E-state index contributed by atoms with van der Waals surface area (Å²) >= 11 is 0. The van der Waals surface area contributed by atoms with Gasteiger partial charge in [0.1, 0.15) is 6.54 Å². The molecule has 2 unspecified atom stereocenters. The molecule has 0 aromatic carbocycles. The number of carbonyl (C=O) groups is 1. The van der Waals surface area contributed by atoms with E-state index in [0.29, 0.717) is 0 Å². The lowest BCUT2D eigenvalue weighted by Crippen LogP contribution is -2.41. The molecule has 1 saturated carbocycles. The van der Waals surface area contributed by atoms with E-state index in [4.69, 9.17) is 0 Å². The number of nitrogens with zero attached hydrogens (tertiary/aromatic N) is 2. The highest BCUT2D eigenvalue weighted by Crippen LogP contribution is 2.27. The van der Waals surface area contributed by atoms with Crippen molar-refractivity contribution < 1.29 is 4.79 Å². The van der Waals surface area contributed by atoms with Crippen molar-refractivity contribution in [2.75, 3.05) is 32.7 Å². The first-order valence-electron chi connectivity index (χ1n) is 8.99. The third-order valence-corrected chi connectivity index (χ3v) is 4.78. The van der Waals surface area contributed by atoms with Gasteiger partial charge in [0.2, 0.25) is 5.91 Å². The van der Waals surface area contributed by atoms with Gasteiger partial charge in [-0.3, -0.25) is 4.79 Å². The van der Waals surface area contributed by atoms with E-state index in [2.05, 4.69) is 29.5 Å². The maximum atomic E-state index is 12.1. The summed E-state index contributed by atoms with van der Waals surface area (Å²) in [6.07, 6.45) is 7.59. The summed E-state index contributed by atoms with van der Waals surface area (Å²) in [6.45, 7) is 8.26. The quantitative estimate of drug-likeness (QED) is 0.603. The normalized spacial score (nSPS) is 26.1. The van der Waals surface area contributed by atoms with Gasteiger partial charge in [-0.25, -0.2) is 4.99 Å². The second-order valence-corrected chi connectivity index (χ2v) is 6.80. The van der Waals surface area contributed by atoms with Gasteiger partial charge in [-0.05, 0) is 44.4 Å². The lowest BCUT2D eigenvalue weighted by Gasteiger charge is -2.27. The van der Waals surface area contributed by atoms with E-state index in [9.17, 15) is 4.79 Å². The van der Waals surface area contributed by atoms with Crippen molar-refractivity contribution >= 4 is 11.9 Å². The molecule has 126 valence electrons. The zero-order valence-electron chi connectivity index (χ0n) is 14.2. The van der Waals surface area contributed by atoms with Crippen LogP contribution in [0.25, 0.3) is 0 Å². The predicted molar refractivity (Wildman–Crippen MR) is 90.9 cm³/mol. The van der Waals surface area contributed by atoms with E-state index in [0.717, 1.165) is 56.8 Å². The van der Waals surface area contributed by atoms with Gasteiger partial charge in [0.25, 0.3) is 0 Å². The summed E-state index contributed by atoms with van der Waals surface area (Å²) in [5.74, 6) is 2.52. The molecule has 1 aliphatic carbocycles. The minimum absolute atomic E-state index is 0.154. The Morgan fingerprint density at radius 2 is 1.95 bits per heavy atom. The van der Waals surface area contributed by atoms with Crippen LogP contribution in [0.1, 0.15) is 52.4 Å². The van der Waals surface area contributed by atoms with Crippen LogP contribution < -0.4 is 10.6 Å². The fourth-order valence-corrected chi connectivity index (χ4v) is 3.54. The summed E-state index contributed by atoms with van der Waals surface area (Å²) in [5, 5.41) is 6.67. The Morgan fingerprint density at radius 3 is 2.64 bits per heavy atom. The fourth-order valence-electron chi connectivity index (χ4n) is 3.54. The van der Waals surface area contributed by atoms with Gasteiger partial charge in [0.05, 0.1) is 0 Å². The average molecular weight is 308 g/mol. The van der Waals surface area contributed by atoms with Crippen LogP contribution in [0.3, 0.4) is 0 Å². The number of amides is 1. The molecule has 0 spiro atoms. The van der Waals surface area contributed by atoms with Crippen LogP contribution in [0.15, 0.2) is 4.99 Å². The maximum Gasteiger partial charge on any atom is 0.244 e. The SMILES string of the molecule is CCNC(=NCC(=O)N1CCCC1)NCC1CCCC(C)C1. The van der Waals surface area contributed by atoms with Gasteiger partial charge in [0.15, 0.2) is 5.96 Å². The predicted octanol–water partition coefficient (Wildman–Crippen LogP) is 1.99. The lowest BCUT2D eigenvalue weighted by molar-refractivity contribution is -0.128. The van der Waals surface area contributed by atoms with Crippen LogP contribution in [0, 0.1) is 11.8 Å². The highest BCUT2D eigenvalue weighted by Gasteiger charge is 2.19. The minimum Gasteiger partial charge on any atom is -0.357 e. The monoisotopic (exact) mass is 308 g/mol. The van der Waals surface area contributed by atoms with E-state index in [1.165, 1.54) is 25.7 Å². The number of aliphatic imine (C=N–C) groups is 1. The van der Waals surface area contributed by atoms with Crippen LogP contribution in [-0.2, 0) is 4.79 Å². The topological polar surface area (TPSA) is 56.7 Å². The van der Waals surface area contributed by atoms with E-state index in [-0.39, 0.29) is 12.5 Å². The van der Waals surface area contributed by atoms with Crippen molar-refractivity contribution in [3.8, 4) is 0 Å². The molecule has 0 aromatic heterocycles. The third kappa shape index (κ3) is 5.50. The van der Waals surface area contributed by atoms with Crippen LogP contribution in [-0.4, -0.2) is 49.5 Å².